The Morgan fingerprint density at radius 3 is 2.39 bits per heavy atom. The van der Waals surface area contributed by atoms with Gasteiger partial charge in [0.2, 0.25) is 0 Å². The minimum Gasteiger partial charge on any atom is -0.395 e. The zero-order valence-electron chi connectivity index (χ0n) is 14.0. The number of epoxide rings is 1. The van der Waals surface area contributed by atoms with E-state index in [1.807, 2.05) is 18.2 Å². The molecule has 2 fully saturated rings. The molecule has 2 unspecified atom stereocenters. The van der Waals surface area contributed by atoms with E-state index in [-0.39, 0.29) is 29.6 Å². The third kappa shape index (κ3) is 1.87. The summed E-state index contributed by atoms with van der Waals surface area (Å²) >= 11 is 0. The van der Waals surface area contributed by atoms with Gasteiger partial charge in [0, 0.05) is 11.8 Å². The van der Waals surface area contributed by atoms with Crippen LogP contribution in [-0.2, 0) is 9.53 Å². The fourth-order valence-corrected chi connectivity index (χ4v) is 4.76. The van der Waals surface area contributed by atoms with Gasteiger partial charge in [-0.25, -0.2) is 0 Å². The first-order valence-corrected chi connectivity index (χ1v) is 8.43. The molecular weight excluding hydrogens is 288 g/mol. The van der Waals surface area contributed by atoms with E-state index < -0.39 is 11.0 Å². The van der Waals surface area contributed by atoms with Crippen LogP contribution in [0.25, 0.3) is 0 Å². The zero-order valence-corrected chi connectivity index (χ0v) is 14.0. The Labute approximate surface area is 137 Å². The lowest BCUT2D eigenvalue weighted by atomic mass is 9.48. The molecule has 1 aromatic rings. The number of fused-ring (bicyclic) bond motifs is 1. The third-order valence-electron chi connectivity index (χ3n) is 6.04. The third-order valence-corrected chi connectivity index (χ3v) is 6.04. The molecule has 3 heteroatoms. The summed E-state index contributed by atoms with van der Waals surface area (Å²) in [6, 6.07) is 10.1. The molecule has 2 bridgehead atoms. The van der Waals surface area contributed by atoms with Crippen molar-refractivity contribution in [2.75, 3.05) is 13.2 Å². The second-order valence-electron chi connectivity index (χ2n) is 8.31. The summed E-state index contributed by atoms with van der Waals surface area (Å²) in [4.78, 5) is 13.3. The van der Waals surface area contributed by atoms with Crippen molar-refractivity contribution in [2.45, 2.75) is 38.7 Å². The summed E-state index contributed by atoms with van der Waals surface area (Å²) in [5.74, 6) is 0.256. The number of Topliss-reactive ketones (excluding diaryl/α,β-unsaturated/α-hetero) is 1. The number of carbonyl (C=O) groups excluding carboxylic acids is 1. The molecular formula is C20H24O3. The Morgan fingerprint density at radius 2 is 1.87 bits per heavy atom. The second kappa shape index (κ2) is 4.55. The van der Waals surface area contributed by atoms with Crippen molar-refractivity contribution in [1.82, 2.24) is 0 Å². The van der Waals surface area contributed by atoms with Gasteiger partial charge in [-0.05, 0) is 17.4 Å². The number of hydrogen-bond donors (Lipinski definition) is 1. The summed E-state index contributed by atoms with van der Waals surface area (Å²) in [6.07, 6.45) is 2.97. The first kappa shape index (κ1) is 15.1. The lowest BCUT2D eigenvalue weighted by molar-refractivity contribution is -0.143. The van der Waals surface area contributed by atoms with E-state index in [2.05, 4.69) is 39.0 Å². The molecule has 1 saturated heterocycles. The van der Waals surface area contributed by atoms with Crippen molar-refractivity contribution < 1.29 is 14.6 Å². The molecule has 5 rings (SSSR count). The SMILES string of the molecule is CC(C)(C)C1=C[C@]2(CO)C(=O)[C@]3(CO3)C1CC2c1ccccc1. The molecule has 1 saturated carbocycles. The average Bonchev–Trinajstić information content (AvgIpc) is 3.33. The maximum Gasteiger partial charge on any atom is 0.180 e. The number of aliphatic hydroxyl groups is 1. The first-order valence-electron chi connectivity index (χ1n) is 8.43. The lowest BCUT2D eigenvalue weighted by Gasteiger charge is -2.53. The lowest BCUT2D eigenvalue weighted by Crippen LogP contribution is -2.60. The number of ketones is 1. The van der Waals surface area contributed by atoms with Gasteiger partial charge in [-0.2, -0.15) is 0 Å². The average molecular weight is 312 g/mol. The summed E-state index contributed by atoms with van der Waals surface area (Å²) in [7, 11) is 0. The van der Waals surface area contributed by atoms with Crippen LogP contribution in [0.2, 0.25) is 0 Å². The number of aliphatic hydroxyl groups excluding tert-OH is 1. The molecule has 1 aromatic carbocycles. The predicted molar refractivity (Wildman–Crippen MR) is 88.0 cm³/mol. The van der Waals surface area contributed by atoms with E-state index in [1.165, 1.54) is 5.57 Å². The Hall–Kier alpha value is -1.45. The summed E-state index contributed by atoms with van der Waals surface area (Å²) in [6.45, 7) is 6.91. The predicted octanol–water partition coefficient (Wildman–Crippen LogP) is 3.09. The first-order chi connectivity index (χ1) is 10.8. The number of ether oxygens (including phenoxy) is 1. The summed E-state index contributed by atoms with van der Waals surface area (Å²) < 4.78 is 5.72. The molecule has 4 aliphatic rings. The molecule has 3 aliphatic carbocycles. The van der Waals surface area contributed by atoms with Crippen LogP contribution in [0, 0.1) is 16.7 Å². The fraction of sp³-hybridized carbons (Fsp3) is 0.550. The Bertz CT molecular complexity index is 679. The van der Waals surface area contributed by atoms with Crippen molar-refractivity contribution >= 4 is 5.78 Å². The van der Waals surface area contributed by atoms with Gasteiger partial charge >= 0.3 is 0 Å². The Morgan fingerprint density at radius 1 is 1.22 bits per heavy atom. The van der Waals surface area contributed by atoms with Crippen molar-refractivity contribution in [1.29, 1.82) is 0 Å². The minimum absolute atomic E-state index is 0.0214. The molecule has 3 nitrogen and oxygen atoms in total. The fourth-order valence-electron chi connectivity index (χ4n) is 4.76. The van der Waals surface area contributed by atoms with Crippen LogP contribution in [0.15, 0.2) is 42.0 Å². The van der Waals surface area contributed by atoms with Gasteiger partial charge in [-0.15, -0.1) is 0 Å². The molecule has 1 spiro atoms. The van der Waals surface area contributed by atoms with Crippen molar-refractivity contribution in [2.24, 2.45) is 16.7 Å². The summed E-state index contributed by atoms with van der Waals surface area (Å²) in [5, 5.41) is 10.3. The Balaban J connectivity index is 1.90. The normalized spacial score (nSPS) is 38.8. The van der Waals surface area contributed by atoms with E-state index >= 15 is 0 Å². The standard InChI is InChI=1S/C20H24O3/c1-18(2,3)16-10-19(11-21)14(13-7-5-4-6-8-13)9-15(16)20(12-23-20)17(19)22/h4-8,10,14-15,21H,9,11-12H2,1-3H3/t14?,15?,19-,20+/m1/s1. The molecule has 23 heavy (non-hydrogen) atoms. The van der Waals surface area contributed by atoms with Crippen LogP contribution >= 0.6 is 0 Å². The topological polar surface area (TPSA) is 49.8 Å². The minimum atomic E-state index is -0.838. The zero-order chi connectivity index (χ0) is 16.5. The molecule has 1 N–H and O–H groups in total. The quantitative estimate of drug-likeness (QED) is 0.674. The van der Waals surface area contributed by atoms with Crippen molar-refractivity contribution in [3.63, 3.8) is 0 Å². The molecule has 0 amide bonds. The van der Waals surface area contributed by atoms with Gasteiger partial charge in [0.05, 0.1) is 18.6 Å². The number of rotatable bonds is 2. The molecule has 0 aromatic heterocycles. The Kier molecular flexibility index (Phi) is 2.99. The maximum absolute atomic E-state index is 13.3. The van der Waals surface area contributed by atoms with Crippen LogP contribution in [0.5, 0.6) is 0 Å². The van der Waals surface area contributed by atoms with E-state index in [0.29, 0.717) is 6.61 Å². The van der Waals surface area contributed by atoms with Crippen LogP contribution in [0.3, 0.4) is 0 Å². The smallest absolute Gasteiger partial charge is 0.180 e. The summed E-state index contributed by atoms with van der Waals surface area (Å²) in [5.41, 5.74) is 0.892. The molecule has 122 valence electrons. The maximum atomic E-state index is 13.3. The molecule has 1 aliphatic heterocycles. The van der Waals surface area contributed by atoms with E-state index in [9.17, 15) is 9.90 Å². The van der Waals surface area contributed by atoms with Gasteiger partial charge < -0.3 is 9.84 Å². The highest BCUT2D eigenvalue weighted by Gasteiger charge is 2.72. The van der Waals surface area contributed by atoms with Crippen LogP contribution in [-0.4, -0.2) is 29.7 Å². The van der Waals surface area contributed by atoms with Crippen LogP contribution in [0.1, 0.15) is 38.7 Å². The van der Waals surface area contributed by atoms with Gasteiger partial charge in [-0.1, -0.05) is 62.8 Å². The molecule has 0 radical (unpaired) electrons. The largest absolute Gasteiger partial charge is 0.395 e. The monoisotopic (exact) mass is 312 g/mol. The highest BCUT2D eigenvalue weighted by Crippen LogP contribution is 2.64. The van der Waals surface area contributed by atoms with Gasteiger partial charge in [-0.3, -0.25) is 4.79 Å². The van der Waals surface area contributed by atoms with Crippen LogP contribution in [0.4, 0.5) is 0 Å². The number of benzene rings is 1. The number of carbonyl (C=O) groups is 1. The molecule has 4 atom stereocenters. The number of hydrogen-bond acceptors (Lipinski definition) is 3. The highest BCUT2D eigenvalue weighted by molar-refractivity contribution is 6.00. The highest BCUT2D eigenvalue weighted by atomic mass is 16.6. The van der Waals surface area contributed by atoms with Crippen molar-refractivity contribution in [3.05, 3.63) is 47.5 Å². The van der Waals surface area contributed by atoms with Gasteiger partial charge in [0.25, 0.3) is 0 Å². The van der Waals surface area contributed by atoms with E-state index in [4.69, 9.17) is 4.74 Å². The van der Waals surface area contributed by atoms with Crippen molar-refractivity contribution in [3.8, 4) is 0 Å². The second-order valence-corrected chi connectivity index (χ2v) is 8.31. The van der Waals surface area contributed by atoms with E-state index in [1.54, 1.807) is 0 Å². The van der Waals surface area contributed by atoms with Gasteiger partial charge in [0.1, 0.15) is 0 Å². The molecule has 1 heterocycles. The van der Waals surface area contributed by atoms with Gasteiger partial charge in [0.15, 0.2) is 11.4 Å². The van der Waals surface area contributed by atoms with E-state index in [0.717, 1.165) is 12.0 Å². The van der Waals surface area contributed by atoms with Crippen LogP contribution < -0.4 is 0 Å².